The van der Waals surface area contributed by atoms with Crippen LogP contribution >= 0.6 is 0 Å². The first kappa shape index (κ1) is 12.9. The van der Waals surface area contributed by atoms with E-state index < -0.39 is 0 Å². The first-order valence-electron chi connectivity index (χ1n) is 7.09. The molecule has 1 aromatic carbocycles. The van der Waals surface area contributed by atoms with Crippen LogP contribution in [-0.4, -0.2) is 10.9 Å². The van der Waals surface area contributed by atoms with Gasteiger partial charge in [0.05, 0.1) is 0 Å². The number of carbonyl (C=O) groups is 1. The van der Waals surface area contributed by atoms with E-state index >= 15 is 0 Å². The number of amides is 1. The molecule has 1 aliphatic rings. The minimum absolute atomic E-state index is 0.0991. The normalized spacial score (nSPS) is 20.4. The fourth-order valence-corrected chi connectivity index (χ4v) is 2.63. The largest absolute Gasteiger partial charge is 0.322 e. The number of anilines is 1. The molecule has 1 saturated carbocycles. The average Bonchev–Trinajstić information content (AvgIpc) is 3.28. The van der Waals surface area contributed by atoms with E-state index in [1.54, 1.807) is 24.5 Å². The van der Waals surface area contributed by atoms with Crippen molar-refractivity contribution in [3.05, 3.63) is 59.9 Å². The van der Waals surface area contributed by atoms with E-state index in [-0.39, 0.29) is 5.91 Å². The zero-order valence-electron chi connectivity index (χ0n) is 11.5. The third kappa shape index (κ3) is 2.72. The molecule has 2 aromatic rings. The Morgan fingerprint density at radius 2 is 1.90 bits per heavy atom. The van der Waals surface area contributed by atoms with Crippen molar-refractivity contribution >= 4 is 11.6 Å². The quantitative estimate of drug-likeness (QED) is 0.913. The van der Waals surface area contributed by atoms with E-state index in [0.717, 1.165) is 17.5 Å². The average molecular weight is 266 g/mol. The lowest BCUT2D eigenvalue weighted by Gasteiger charge is -2.06. The van der Waals surface area contributed by atoms with Crippen LogP contribution < -0.4 is 5.32 Å². The van der Waals surface area contributed by atoms with Crippen molar-refractivity contribution in [2.75, 3.05) is 5.32 Å². The zero-order chi connectivity index (χ0) is 13.9. The van der Waals surface area contributed by atoms with E-state index in [4.69, 9.17) is 0 Å². The number of hydrogen-bond donors (Lipinski definition) is 1. The molecule has 1 heterocycles. The number of benzene rings is 1. The fraction of sp³-hybridized carbons (Fsp3) is 0.294. The van der Waals surface area contributed by atoms with Crippen LogP contribution in [0.4, 0.5) is 5.69 Å². The van der Waals surface area contributed by atoms with Gasteiger partial charge in [-0.2, -0.15) is 0 Å². The number of nitrogens with one attached hydrogen (secondary N) is 1. The van der Waals surface area contributed by atoms with Gasteiger partial charge in [-0.15, -0.1) is 0 Å². The number of pyridine rings is 1. The molecule has 0 spiro atoms. The molecule has 1 amide bonds. The van der Waals surface area contributed by atoms with Crippen molar-refractivity contribution in [3.63, 3.8) is 0 Å². The van der Waals surface area contributed by atoms with E-state index in [1.807, 2.05) is 12.1 Å². The van der Waals surface area contributed by atoms with Gasteiger partial charge in [-0.1, -0.05) is 25.5 Å². The molecule has 3 rings (SSSR count). The van der Waals surface area contributed by atoms with Gasteiger partial charge in [0.2, 0.25) is 0 Å². The summed E-state index contributed by atoms with van der Waals surface area (Å²) in [6.45, 7) is 2.24. The smallest absolute Gasteiger partial charge is 0.255 e. The second-order valence-electron chi connectivity index (χ2n) is 5.32. The molecule has 1 N–H and O–H groups in total. The Hall–Kier alpha value is -2.16. The lowest BCUT2D eigenvalue weighted by atomic mass is 10.1. The van der Waals surface area contributed by atoms with Crippen LogP contribution in [-0.2, 0) is 0 Å². The highest BCUT2D eigenvalue weighted by atomic mass is 16.1. The summed E-state index contributed by atoms with van der Waals surface area (Å²) in [7, 11) is 0. The number of rotatable bonds is 4. The molecule has 1 aliphatic carbocycles. The Balaban J connectivity index is 1.65. The summed E-state index contributed by atoms with van der Waals surface area (Å²) >= 11 is 0. The zero-order valence-corrected chi connectivity index (χ0v) is 11.5. The van der Waals surface area contributed by atoms with Crippen molar-refractivity contribution < 1.29 is 4.79 Å². The van der Waals surface area contributed by atoms with Gasteiger partial charge in [-0.25, -0.2) is 0 Å². The summed E-state index contributed by atoms with van der Waals surface area (Å²) in [6, 6.07) is 11.6. The van der Waals surface area contributed by atoms with Crippen LogP contribution in [0.15, 0.2) is 48.8 Å². The van der Waals surface area contributed by atoms with E-state index in [0.29, 0.717) is 5.56 Å². The minimum Gasteiger partial charge on any atom is -0.322 e. The van der Waals surface area contributed by atoms with Crippen molar-refractivity contribution in [1.29, 1.82) is 0 Å². The van der Waals surface area contributed by atoms with Gasteiger partial charge in [-0.05, 0) is 48.1 Å². The Kier molecular flexibility index (Phi) is 3.50. The fourth-order valence-electron chi connectivity index (χ4n) is 2.63. The molecule has 0 saturated heterocycles. The first-order chi connectivity index (χ1) is 9.78. The van der Waals surface area contributed by atoms with E-state index in [2.05, 4.69) is 29.4 Å². The molecule has 2 unspecified atom stereocenters. The maximum atomic E-state index is 12.0. The number of aromatic nitrogens is 1. The van der Waals surface area contributed by atoms with Crippen LogP contribution in [0.3, 0.4) is 0 Å². The Labute approximate surface area is 119 Å². The van der Waals surface area contributed by atoms with Gasteiger partial charge in [-0.3, -0.25) is 9.78 Å². The highest BCUT2D eigenvalue weighted by Crippen LogP contribution is 2.49. The van der Waals surface area contributed by atoms with Gasteiger partial charge in [0.1, 0.15) is 0 Å². The van der Waals surface area contributed by atoms with Crippen molar-refractivity contribution in [2.24, 2.45) is 5.92 Å². The number of nitrogens with zero attached hydrogens (tertiary/aromatic N) is 1. The van der Waals surface area contributed by atoms with Crippen LogP contribution in [0.1, 0.15) is 41.6 Å². The van der Waals surface area contributed by atoms with Crippen LogP contribution in [0.5, 0.6) is 0 Å². The molecule has 3 heteroatoms. The molecular formula is C17H18N2O. The minimum atomic E-state index is -0.0991. The predicted octanol–water partition coefficient (Wildman–Crippen LogP) is 3.85. The summed E-state index contributed by atoms with van der Waals surface area (Å²) in [5, 5.41) is 2.90. The van der Waals surface area contributed by atoms with E-state index in [9.17, 15) is 4.79 Å². The van der Waals surface area contributed by atoms with Crippen molar-refractivity contribution in [1.82, 2.24) is 4.98 Å². The number of hydrogen-bond acceptors (Lipinski definition) is 2. The van der Waals surface area contributed by atoms with Crippen molar-refractivity contribution in [2.45, 2.75) is 25.7 Å². The topological polar surface area (TPSA) is 42.0 Å². The summed E-state index contributed by atoms with van der Waals surface area (Å²) in [5.74, 6) is 1.48. The van der Waals surface area contributed by atoms with E-state index in [1.165, 1.54) is 18.4 Å². The van der Waals surface area contributed by atoms with Gasteiger partial charge < -0.3 is 5.32 Å². The third-order valence-corrected chi connectivity index (χ3v) is 3.99. The van der Waals surface area contributed by atoms with Crippen LogP contribution in [0.25, 0.3) is 0 Å². The Bertz CT molecular complexity index is 592. The van der Waals surface area contributed by atoms with Gasteiger partial charge in [0.25, 0.3) is 5.91 Å². The summed E-state index contributed by atoms with van der Waals surface area (Å²) in [4.78, 5) is 15.9. The highest BCUT2D eigenvalue weighted by molar-refractivity contribution is 6.04. The first-order valence-corrected chi connectivity index (χ1v) is 7.09. The molecule has 1 aromatic heterocycles. The monoisotopic (exact) mass is 266 g/mol. The summed E-state index contributed by atoms with van der Waals surface area (Å²) in [6.07, 6.45) is 5.80. The molecule has 102 valence electrons. The SMILES string of the molecule is CCC1CC1c1ccc(NC(=O)c2ccncc2)cc1. The van der Waals surface area contributed by atoms with Gasteiger partial charge in [0.15, 0.2) is 0 Å². The second kappa shape index (κ2) is 5.45. The van der Waals surface area contributed by atoms with Gasteiger partial charge in [0, 0.05) is 23.6 Å². The van der Waals surface area contributed by atoms with Crippen LogP contribution in [0.2, 0.25) is 0 Å². The lowest BCUT2D eigenvalue weighted by molar-refractivity contribution is 0.102. The standard InChI is InChI=1S/C17H18N2O/c1-2-12-11-16(12)13-3-5-15(6-4-13)19-17(20)14-7-9-18-10-8-14/h3-10,12,16H,2,11H2,1H3,(H,19,20). The molecule has 0 radical (unpaired) electrons. The van der Waals surface area contributed by atoms with Gasteiger partial charge >= 0.3 is 0 Å². The number of carbonyl (C=O) groups excluding carboxylic acids is 1. The maximum Gasteiger partial charge on any atom is 0.255 e. The summed E-state index contributed by atoms with van der Waals surface area (Å²) < 4.78 is 0. The Morgan fingerprint density at radius 3 is 2.50 bits per heavy atom. The summed E-state index contributed by atoms with van der Waals surface area (Å²) in [5.41, 5.74) is 2.85. The molecule has 1 fully saturated rings. The molecule has 0 bridgehead atoms. The third-order valence-electron chi connectivity index (χ3n) is 3.99. The Morgan fingerprint density at radius 1 is 1.20 bits per heavy atom. The van der Waals surface area contributed by atoms with Crippen LogP contribution in [0, 0.1) is 5.92 Å². The van der Waals surface area contributed by atoms with Crippen molar-refractivity contribution in [3.8, 4) is 0 Å². The molecule has 2 atom stereocenters. The molecule has 3 nitrogen and oxygen atoms in total. The molecule has 20 heavy (non-hydrogen) atoms. The maximum absolute atomic E-state index is 12.0. The highest BCUT2D eigenvalue weighted by Gasteiger charge is 2.36. The lowest BCUT2D eigenvalue weighted by Crippen LogP contribution is -2.11. The predicted molar refractivity (Wildman–Crippen MR) is 79.8 cm³/mol. The second-order valence-corrected chi connectivity index (χ2v) is 5.32. The molecular weight excluding hydrogens is 248 g/mol. The molecule has 0 aliphatic heterocycles.